The molecule has 2 aromatic rings. The van der Waals surface area contributed by atoms with Crippen molar-refractivity contribution in [1.82, 2.24) is 25.2 Å². The van der Waals surface area contributed by atoms with Crippen molar-refractivity contribution in [1.29, 1.82) is 0 Å². The topological polar surface area (TPSA) is 182 Å². The standard InChI is InChI=1S/C37H50ClN5O9S/c1-11-21-17-37(21,32(46)42-53(48,49)36(9)14-15-36)41-29(44)27-20(2)26(51-30-24-16-22(38)12-13-23(24)25(50-10)18-39-30)19-43(27)31(45)28(34(3,4)5)40-33(47)52-35(6,7)8/h11-13,16,18,20-21,26-28H,1,14-15,17,19H2,2-10H3,(H,40,47)(H,41,44)(H,42,46)/t20-,21-,26+,27+,28+,37-/m1/s1. The number of ether oxygens (including phenoxy) is 3. The van der Waals surface area contributed by atoms with Gasteiger partial charge in [0.2, 0.25) is 27.7 Å². The molecule has 5 rings (SSSR count). The average Bonchev–Trinajstić information content (AvgIpc) is 3.95. The number of benzene rings is 1. The number of alkyl carbamates (subject to hydrolysis) is 1. The molecule has 0 spiro atoms. The lowest BCUT2D eigenvalue weighted by Gasteiger charge is -2.36. The molecule has 4 amide bonds. The number of aromatic nitrogens is 1. The zero-order valence-electron chi connectivity index (χ0n) is 31.7. The molecular weight excluding hydrogens is 726 g/mol. The van der Waals surface area contributed by atoms with Crippen molar-refractivity contribution in [3.63, 3.8) is 0 Å². The van der Waals surface area contributed by atoms with E-state index in [4.69, 9.17) is 25.8 Å². The van der Waals surface area contributed by atoms with E-state index in [9.17, 15) is 27.6 Å². The molecule has 2 saturated carbocycles. The number of rotatable bonds is 11. The van der Waals surface area contributed by atoms with E-state index in [1.807, 2.05) is 0 Å². The molecule has 3 N–H and O–H groups in total. The molecule has 290 valence electrons. The van der Waals surface area contributed by atoms with Crippen LogP contribution in [0.5, 0.6) is 11.6 Å². The van der Waals surface area contributed by atoms with Crippen LogP contribution in [0.15, 0.2) is 37.1 Å². The second kappa shape index (κ2) is 13.9. The van der Waals surface area contributed by atoms with Gasteiger partial charge in [-0.2, -0.15) is 0 Å². The van der Waals surface area contributed by atoms with E-state index in [0.29, 0.717) is 34.4 Å². The van der Waals surface area contributed by atoms with Gasteiger partial charge in [0, 0.05) is 27.6 Å². The Kier molecular flexibility index (Phi) is 10.5. The van der Waals surface area contributed by atoms with E-state index in [-0.39, 0.29) is 18.8 Å². The Bertz CT molecular complexity index is 1940. The molecular formula is C37H50ClN5O9S. The van der Waals surface area contributed by atoms with Crippen molar-refractivity contribution < 1.29 is 41.8 Å². The van der Waals surface area contributed by atoms with E-state index in [0.717, 1.165) is 0 Å². The van der Waals surface area contributed by atoms with Gasteiger partial charge < -0.3 is 29.7 Å². The summed E-state index contributed by atoms with van der Waals surface area (Å²) >= 11 is 6.35. The monoisotopic (exact) mass is 775 g/mol. The normalized spacial score (nSPS) is 25.5. The molecule has 53 heavy (non-hydrogen) atoms. The van der Waals surface area contributed by atoms with Crippen LogP contribution < -0.4 is 24.8 Å². The Morgan fingerprint density at radius 1 is 1.11 bits per heavy atom. The van der Waals surface area contributed by atoms with Crippen LogP contribution in [0.4, 0.5) is 4.79 Å². The van der Waals surface area contributed by atoms with Gasteiger partial charge in [-0.05, 0) is 70.6 Å². The minimum Gasteiger partial charge on any atom is -0.494 e. The first-order valence-corrected chi connectivity index (χ1v) is 19.4. The van der Waals surface area contributed by atoms with Crippen LogP contribution in [0.3, 0.4) is 0 Å². The van der Waals surface area contributed by atoms with Crippen LogP contribution in [-0.2, 0) is 29.1 Å². The van der Waals surface area contributed by atoms with Crippen LogP contribution in [0, 0.1) is 17.3 Å². The Morgan fingerprint density at radius 3 is 2.32 bits per heavy atom. The molecule has 0 radical (unpaired) electrons. The maximum atomic E-state index is 14.6. The number of carbonyl (C=O) groups excluding carboxylic acids is 4. The Labute approximate surface area is 315 Å². The molecule has 14 nitrogen and oxygen atoms in total. The first-order chi connectivity index (χ1) is 24.5. The van der Waals surface area contributed by atoms with Gasteiger partial charge >= 0.3 is 6.09 Å². The summed E-state index contributed by atoms with van der Waals surface area (Å²) in [5, 5.41) is 7.16. The minimum atomic E-state index is -4.02. The fourth-order valence-electron chi connectivity index (χ4n) is 6.63. The van der Waals surface area contributed by atoms with Gasteiger partial charge in [0.25, 0.3) is 5.91 Å². The van der Waals surface area contributed by atoms with Gasteiger partial charge in [-0.1, -0.05) is 45.4 Å². The van der Waals surface area contributed by atoms with E-state index in [2.05, 4.69) is 26.9 Å². The van der Waals surface area contributed by atoms with Crippen molar-refractivity contribution >= 4 is 56.2 Å². The van der Waals surface area contributed by atoms with Crippen LogP contribution >= 0.6 is 11.6 Å². The number of fused-ring (bicyclic) bond motifs is 1. The molecule has 3 aliphatic rings. The van der Waals surface area contributed by atoms with E-state index in [1.165, 1.54) is 24.3 Å². The van der Waals surface area contributed by atoms with Crippen molar-refractivity contribution in [2.24, 2.45) is 17.3 Å². The largest absolute Gasteiger partial charge is 0.494 e. The van der Waals surface area contributed by atoms with Gasteiger partial charge in [-0.25, -0.2) is 18.2 Å². The minimum absolute atomic E-state index is 0.104. The smallest absolute Gasteiger partial charge is 0.408 e. The highest BCUT2D eigenvalue weighted by molar-refractivity contribution is 7.91. The lowest BCUT2D eigenvalue weighted by Crippen LogP contribution is -2.61. The Balaban J connectivity index is 1.50. The highest BCUT2D eigenvalue weighted by Crippen LogP contribution is 2.47. The molecule has 0 unspecified atom stereocenters. The second-order valence-electron chi connectivity index (χ2n) is 16.6. The molecule has 1 aliphatic heterocycles. The first kappa shape index (κ1) is 40.1. The fraction of sp³-hybridized carbons (Fsp3) is 0.595. The molecule has 6 atom stereocenters. The van der Waals surface area contributed by atoms with E-state index < -0.39 is 85.2 Å². The summed E-state index contributed by atoms with van der Waals surface area (Å²) < 4.78 is 44.7. The van der Waals surface area contributed by atoms with Crippen molar-refractivity contribution in [2.75, 3.05) is 13.7 Å². The van der Waals surface area contributed by atoms with E-state index in [1.54, 1.807) is 73.6 Å². The van der Waals surface area contributed by atoms with E-state index >= 15 is 0 Å². The molecule has 2 heterocycles. The van der Waals surface area contributed by atoms with Gasteiger partial charge in [0.05, 0.1) is 24.6 Å². The number of amides is 4. The van der Waals surface area contributed by atoms with Crippen LogP contribution in [0.1, 0.15) is 74.7 Å². The lowest BCUT2D eigenvalue weighted by molar-refractivity contribution is -0.143. The molecule has 1 saturated heterocycles. The summed E-state index contributed by atoms with van der Waals surface area (Å²) in [4.78, 5) is 61.6. The quantitative estimate of drug-likeness (QED) is 0.275. The molecule has 0 bridgehead atoms. The zero-order chi connectivity index (χ0) is 39.5. The number of nitrogens with one attached hydrogen (secondary N) is 3. The number of halogens is 1. The van der Waals surface area contributed by atoms with Crippen LogP contribution in [0.2, 0.25) is 5.02 Å². The Hall–Kier alpha value is -4.11. The van der Waals surface area contributed by atoms with Gasteiger partial charge in [-0.15, -0.1) is 6.58 Å². The number of methoxy groups -OCH3 is 1. The molecule has 3 fully saturated rings. The summed E-state index contributed by atoms with van der Waals surface area (Å²) in [6.45, 7) is 17.4. The summed E-state index contributed by atoms with van der Waals surface area (Å²) in [7, 11) is -2.51. The fourth-order valence-corrected chi connectivity index (χ4v) is 8.11. The predicted molar refractivity (Wildman–Crippen MR) is 199 cm³/mol. The third-order valence-electron chi connectivity index (χ3n) is 10.3. The van der Waals surface area contributed by atoms with Crippen LogP contribution in [-0.4, -0.2) is 89.8 Å². The number of likely N-dealkylation sites (tertiary alicyclic amines) is 1. The summed E-state index contributed by atoms with van der Waals surface area (Å²) in [5.41, 5.74) is -3.30. The average molecular weight is 776 g/mol. The summed E-state index contributed by atoms with van der Waals surface area (Å²) in [6, 6.07) is 2.78. The highest BCUT2D eigenvalue weighted by atomic mass is 35.5. The molecule has 1 aromatic carbocycles. The van der Waals surface area contributed by atoms with Gasteiger partial charge in [-0.3, -0.25) is 19.1 Å². The number of pyridine rings is 1. The molecule has 2 aliphatic carbocycles. The molecule has 1 aromatic heterocycles. The lowest BCUT2D eigenvalue weighted by atomic mass is 9.85. The van der Waals surface area contributed by atoms with Gasteiger partial charge in [0.1, 0.15) is 35.1 Å². The predicted octanol–water partition coefficient (Wildman–Crippen LogP) is 4.49. The SMILES string of the molecule is C=C[C@@H]1C[C@]1(NC(=O)[C@@H]1[C@H](C)[C@@H](Oc2ncc(OC)c3ccc(Cl)cc23)CN1C(=O)[C@H](NC(=O)OC(C)(C)C)C(C)(C)C)C(=O)NS(=O)(=O)C1(C)CC1. The Morgan fingerprint density at radius 2 is 1.77 bits per heavy atom. The maximum Gasteiger partial charge on any atom is 0.408 e. The zero-order valence-corrected chi connectivity index (χ0v) is 33.2. The highest BCUT2D eigenvalue weighted by Gasteiger charge is 2.63. The maximum absolute atomic E-state index is 14.6. The second-order valence-corrected chi connectivity index (χ2v) is 19.2. The summed E-state index contributed by atoms with van der Waals surface area (Å²) in [5.74, 6) is -2.74. The third-order valence-corrected chi connectivity index (χ3v) is 12.7. The van der Waals surface area contributed by atoms with Crippen LogP contribution in [0.25, 0.3) is 10.8 Å². The van der Waals surface area contributed by atoms with Gasteiger partial charge in [0.15, 0.2) is 0 Å². The number of sulfonamides is 1. The number of hydrogen-bond donors (Lipinski definition) is 3. The van der Waals surface area contributed by atoms with Crippen molar-refractivity contribution in [3.05, 3.63) is 42.1 Å². The number of hydrogen-bond acceptors (Lipinski definition) is 10. The third kappa shape index (κ3) is 8.06. The van der Waals surface area contributed by atoms with Crippen molar-refractivity contribution in [2.45, 2.75) is 109 Å². The number of nitrogens with zero attached hydrogens (tertiary/aromatic N) is 2. The summed E-state index contributed by atoms with van der Waals surface area (Å²) in [6.07, 6.45) is 2.30. The number of carbonyl (C=O) groups is 4. The first-order valence-electron chi connectivity index (χ1n) is 17.6. The van der Waals surface area contributed by atoms with Crippen molar-refractivity contribution in [3.8, 4) is 11.6 Å². The molecule has 16 heteroatoms.